The van der Waals surface area contributed by atoms with Crippen LogP contribution in [0.4, 0.5) is 0 Å². The number of rotatable bonds is 3. The van der Waals surface area contributed by atoms with Gasteiger partial charge in [-0.1, -0.05) is 12.1 Å². The van der Waals surface area contributed by atoms with Crippen LogP contribution in [0.25, 0.3) is 0 Å². The number of amides is 1. The number of hydrogen-bond donors (Lipinski definition) is 2. The lowest BCUT2D eigenvalue weighted by atomic mass is 9.94. The van der Waals surface area contributed by atoms with E-state index in [0.29, 0.717) is 6.42 Å². The molecule has 0 bridgehead atoms. The molecule has 1 spiro atoms. The summed E-state index contributed by atoms with van der Waals surface area (Å²) < 4.78 is 5.18. The summed E-state index contributed by atoms with van der Waals surface area (Å²) in [7, 11) is 1.69. The number of ether oxygens (including phenoxy) is 1. The lowest BCUT2D eigenvalue weighted by Gasteiger charge is -2.45. The van der Waals surface area contributed by atoms with E-state index >= 15 is 0 Å². The van der Waals surface area contributed by atoms with Gasteiger partial charge in [0.05, 0.1) is 12.8 Å². The standard InChI is InChI=1S/C16H23N3O2/c1-21-14-4-2-13(3-5-14)12-19-10-7-16(8-11-19)17-9-6-15(20)18-16/h2-5,17H,6-12H2,1H3,(H,18,20). The van der Waals surface area contributed by atoms with Crippen LogP contribution in [0.5, 0.6) is 5.75 Å². The minimum absolute atomic E-state index is 0.161. The Bertz CT molecular complexity index is 493. The maximum Gasteiger partial charge on any atom is 0.222 e. The lowest BCUT2D eigenvalue weighted by Crippen LogP contribution is -2.66. The van der Waals surface area contributed by atoms with E-state index in [-0.39, 0.29) is 11.6 Å². The molecule has 5 nitrogen and oxygen atoms in total. The normalized spacial score (nSPS) is 22.0. The van der Waals surface area contributed by atoms with Gasteiger partial charge in [-0.05, 0) is 30.5 Å². The van der Waals surface area contributed by atoms with Gasteiger partial charge in [-0.2, -0.15) is 0 Å². The predicted molar refractivity (Wildman–Crippen MR) is 81.0 cm³/mol. The van der Waals surface area contributed by atoms with Gasteiger partial charge in [0, 0.05) is 32.6 Å². The van der Waals surface area contributed by atoms with Gasteiger partial charge in [0.25, 0.3) is 0 Å². The molecule has 3 rings (SSSR count). The third-order valence-corrected chi connectivity index (χ3v) is 4.47. The molecule has 0 aliphatic carbocycles. The van der Waals surface area contributed by atoms with Crippen molar-refractivity contribution in [1.29, 1.82) is 0 Å². The highest BCUT2D eigenvalue weighted by atomic mass is 16.5. The summed E-state index contributed by atoms with van der Waals surface area (Å²) in [6.07, 6.45) is 2.53. The van der Waals surface area contributed by atoms with E-state index in [1.165, 1.54) is 5.56 Å². The summed E-state index contributed by atoms with van der Waals surface area (Å²) in [5.74, 6) is 1.07. The smallest absolute Gasteiger partial charge is 0.222 e. The Morgan fingerprint density at radius 3 is 2.57 bits per heavy atom. The van der Waals surface area contributed by atoms with Crippen molar-refractivity contribution < 1.29 is 9.53 Å². The van der Waals surface area contributed by atoms with E-state index in [4.69, 9.17) is 4.74 Å². The van der Waals surface area contributed by atoms with E-state index < -0.39 is 0 Å². The van der Waals surface area contributed by atoms with Crippen LogP contribution in [0.3, 0.4) is 0 Å². The highest BCUT2D eigenvalue weighted by Gasteiger charge is 2.37. The van der Waals surface area contributed by atoms with Gasteiger partial charge in [-0.15, -0.1) is 0 Å². The predicted octanol–water partition coefficient (Wildman–Crippen LogP) is 1.10. The van der Waals surface area contributed by atoms with Crippen molar-refractivity contribution >= 4 is 5.91 Å². The zero-order valence-corrected chi connectivity index (χ0v) is 12.5. The topological polar surface area (TPSA) is 53.6 Å². The molecule has 1 amide bonds. The van der Waals surface area contributed by atoms with Crippen molar-refractivity contribution in [3.63, 3.8) is 0 Å². The van der Waals surface area contributed by atoms with E-state index in [1.807, 2.05) is 12.1 Å². The zero-order chi connectivity index (χ0) is 14.7. The molecule has 114 valence electrons. The Hall–Kier alpha value is -1.59. The molecule has 1 aromatic rings. The van der Waals surface area contributed by atoms with Gasteiger partial charge >= 0.3 is 0 Å². The zero-order valence-electron chi connectivity index (χ0n) is 12.5. The van der Waals surface area contributed by atoms with Gasteiger partial charge in [0.15, 0.2) is 0 Å². The Balaban J connectivity index is 1.54. The highest BCUT2D eigenvalue weighted by molar-refractivity contribution is 5.77. The Morgan fingerprint density at radius 1 is 1.24 bits per heavy atom. The second-order valence-electron chi connectivity index (χ2n) is 5.93. The highest BCUT2D eigenvalue weighted by Crippen LogP contribution is 2.23. The number of methoxy groups -OCH3 is 1. The average molecular weight is 289 g/mol. The van der Waals surface area contributed by atoms with Crippen LogP contribution in [-0.4, -0.2) is 43.2 Å². The van der Waals surface area contributed by atoms with Crippen LogP contribution in [0, 0.1) is 0 Å². The molecule has 0 saturated carbocycles. The minimum Gasteiger partial charge on any atom is -0.497 e. The Labute approximate surface area is 125 Å². The maximum absolute atomic E-state index is 11.6. The summed E-state index contributed by atoms with van der Waals surface area (Å²) in [6.45, 7) is 3.75. The number of likely N-dealkylation sites (tertiary alicyclic amines) is 1. The second kappa shape index (κ2) is 6.03. The molecule has 2 aliphatic heterocycles. The van der Waals surface area contributed by atoms with Crippen LogP contribution in [0.15, 0.2) is 24.3 Å². The fourth-order valence-corrected chi connectivity index (χ4v) is 3.17. The van der Waals surface area contributed by atoms with Crippen molar-refractivity contribution in [2.24, 2.45) is 0 Å². The van der Waals surface area contributed by atoms with Crippen LogP contribution in [-0.2, 0) is 11.3 Å². The quantitative estimate of drug-likeness (QED) is 0.875. The molecule has 5 heteroatoms. The van der Waals surface area contributed by atoms with Crippen molar-refractivity contribution in [3.05, 3.63) is 29.8 Å². The Morgan fingerprint density at radius 2 is 1.95 bits per heavy atom. The third kappa shape index (κ3) is 3.36. The number of carbonyl (C=O) groups is 1. The molecule has 0 atom stereocenters. The number of hydrogen-bond acceptors (Lipinski definition) is 4. The first-order valence-corrected chi connectivity index (χ1v) is 7.60. The SMILES string of the molecule is COc1ccc(CN2CCC3(CC2)NCCC(=O)N3)cc1. The first kappa shape index (κ1) is 14.4. The third-order valence-electron chi connectivity index (χ3n) is 4.47. The average Bonchev–Trinajstić information content (AvgIpc) is 2.51. The van der Waals surface area contributed by atoms with Crippen molar-refractivity contribution in [2.75, 3.05) is 26.7 Å². The molecule has 2 fully saturated rings. The molecule has 0 unspecified atom stereocenters. The number of carbonyl (C=O) groups excluding carboxylic acids is 1. The Kier molecular flexibility index (Phi) is 4.12. The van der Waals surface area contributed by atoms with Crippen LogP contribution in [0.1, 0.15) is 24.8 Å². The molecular weight excluding hydrogens is 266 g/mol. The van der Waals surface area contributed by atoms with Crippen molar-refractivity contribution in [2.45, 2.75) is 31.5 Å². The maximum atomic E-state index is 11.6. The first-order valence-electron chi connectivity index (χ1n) is 7.60. The second-order valence-corrected chi connectivity index (χ2v) is 5.93. The van der Waals surface area contributed by atoms with Gasteiger partial charge in [0.1, 0.15) is 5.75 Å². The van der Waals surface area contributed by atoms with Crippen molar-refractivity contribution in [1.82, 2.24) is 15.5 Å². The van der Waals surface area contributed by atoms with Crippen molar-refractivity contribution in [3.8, 4) is 5.75 Å². The van der Waals surface area contributed by atoms with Gasteiger partial charge in [0.2, 0.25) is 5.91 Å². The lowest BCUT2D eigenvalue weighted by molar-refractivity contribution is -0.126. The summed E-state index contributed by atoms with van der Waals surface area (Å²) in [6, 6.07) is 8.24. The molecule has 1 aromatic carbocycles. The molecule has 2 aliphatic rings. The van der Waals surface area contributed by atoms with E-state index in [1.54, 1.807) is 7.11 Å². The monoisotopic (exact) mass is 289 g/mol. The number of nitrogens with zero attached hydrogens (tertiary/aromatic N) is 1. The van der Waals surface area contributed by atoms with Gasteiger partial charge < -0.3 is 10.1 Å². The number of piperidine rings is 1. The fraction of sp³-hybridized carbons (Fsp3) is 0.562. The van der Waals surface area contributed by atoms with Crippen LogP contribution < -0.4 is 15.4 Å². The minimum atomic E-state index is -0.161. The molecule has 2 heterocycles. The van der Waals surface area contributed by atoms with E-state index in [0.717, 1.165) is 44.8 Å². The largest absolute Gasteiger partial charge is 0.497 e. The molecule has 0 aromatic heterocycles. The summed E-state index contributed by atoms with van der Waals surface area (Å²) in [5, 5.41) is 6.63. The van der Waals surface area contributed by atoms with Gasteiger partial charge in [-0.25, -0.2) is 0 Å². The van der Waals surface area contributed by atoms with E-state index in [9.17, 15) is 4.79 Å². The van der Waals surface area contributed by atoms with Crippen LogP contribution in [0.2, 0.25) is 0 Å². The molecule has 2 N–H and O–H groups in total. The van der Waals surface area contributed by atoms with Crippen LogP contribution >= 0.6 is 0 Å². The summed E-state index contributed by atoms with van der Waals surface area (Å²) >= 11 is 0. The van der Waals surface area contributed by atoms with E-state index in [2.05, 4.69) is 27.7 Å². The molecule has 21 heavy (non-hydrogen) atoms. The molecular formula is C16H23N3O2. The first-order chi connectivity index (χ1) is 10.2. The molecule has 2 saturated heterocycles. The number of benzene rings is 1. The van der Waals surface area contributed by atoms with Gasteiger partial charge in [-0.3, -0.25) is 15.0 Å². The number of nitrogens with one attached hydrogen (secondary N) is 2. The molecule has 0 radical (unpaired) electrons. The fourth-order valence-electron chi connectivity index (χ4n) is 3.17. The summed E-state index contributed by atoms with van der Waals surface area (Å²) in [5.41, 5.74) is 1.14. The summed E-state index contributed by atoms with van der Waals surface area (Å²) in [4.78, 5) is 14.0.